The standard InChI is InChI=1S/C14H23N3O/c1-12-3-2-4-14-15-13(11-17(12)14)5-6-16-7-9-18-10-8-16/h11-12H,2-10H2,1H3. The summed E-state index contributed by atoms with van der Waals surface area (Å²) in [5, 5.41) is 0. The summed E-state index contributed by atoms with van der Waals surface area (Å²) in [6, 6.07) is 0.637. The first-order valence-corrected chi connectivity index (χ1v) is 7.19. The van der Waals surface area contributed by atoms with E-state index in [2.05, 4.69) is 22.6 Å². The lowest BCUT2D eigenvalue weighted by Crippen LogP contribution is -2.37. The fourth-order valence-corrected chi connectivity index (χ4v) is 2.97. The van der Waals surface area contributed by atoms with Crippen molar-refractivity contribution in [3.05, 3.63) is 17.7 Å². The molecule has 3 heterocycles. The fraction of sp³-hybridized carbons (Fsp3) is 0.786. The van der Waals surface area contributed by atoms with Crippen LogP contribution in [-0.4, -0.2) is 47.3 Å². The number of nitrogens with zero attached hydrogens (tertiary/aromatic N) is 3. The van der Waals surface area contributed by atoms with Crippen LogP contribution in [0.15, 0.2) is 6.20 Å². The van der Waals surface area contributed by atoms with Crippen molar-refractivity contribution in [3.8, 4) is 0 Å². The molecular formula is C14H23N3O. The molecule has 0 amide bonds. The number of fused-ring (bicyclic) bond motifs is 1. The van der Waals surface area contributed by atoms with E-state index in [1.807, 2.05) is 0 Å². The summed E-state index contributed by atoms with van der Waals surface area (Å²) < 4.78 is 7.76. The molecule has 100 valence electrons. The van der Waals surface area contributed by atoms with E-state index in [0.717, 1.165) is 45.7 Å². The van der Waals surface area contributed by atoms with Crippen LogP contribution >= 0.6 is 0 Å². The average Bonchev–Trinajstić information content (AvgIpc) is 2.82. The van der Waals surface area contributed by atoms with E-state index in [1.165, 1.54) is 24.4 Å². The number of rotatable bonds is 3. The second-order valence-corrected chi connectivity index (χ2v) is 5.50. The Morgan fingerprint density at radius 1 is 1.39 bits per heavy atom. The van der Waals surface area contributed by atoms with Crippen molar-refractivity contribution >= 4 is 0 Å². The molecule has 1 unspecified atom stereocenters. The van der Waals surface area contributed by atoms with Crippen LogP contribution in [0.2, 0.25) is 0 Å². The summed E-state index contributed by atoms with van der Waals surface area (Å²) in [4.78, 5) is 7.27. The molecule has 0 radical (unpaired) electrons. The van der Waals surface area contributed by atoms with Crippen LogP contribution in [-0.2, 0) is 17.6 Å². The van der Waals surface area contributed by atoms with Crippen molar-refractivity contribution in [2.45, 2.75) is 38.6 Å². The lowest BCUT2D eigenvalue weighted by Gasteiger charge is -2.26. The molecule has 0 aliphatic carbocycles. The third kappa shape index (κ3) is 2.59. The zero-order chi connectivity index (χ0) is 12.4. The van der Waals surface area contributed by atoms with Crippen molar-refractivity contribution in [2.75, 3.05) is 32.8 Å². The topological polar surface area (TPSA) is 30.3 Å². The number of ether oxygens (including phenoxy) is 1. The zero-order valence-electron chi connectivity index (χ0n) is 11.3. The monoisotopic (exact) mass is 249 g/mol. The Bertz CT molecular complexity index is 396. The van der Waals surface area contributed by atoms with Gasteiger partial charge in [-0.1, -0.05) is 0 Å². The van der Waals surface area contributed by atoms with Crippen LogP contribution in [0.1, 0.15) is 37.3 Å². The van der Waals surface area contributed by atoms with E-state index in [1.54, 1.807) is 0 Å². The third-order valence-corrected chi connectivity index (χ3v) is 4.14. The molecule has 0 aromatic carbocycles. The molecule has 2 aliphatic heterocycles. The maximum Gasteiger partial charge on any atom is 0.109 e. The third-order valence-electron chi connectivity index (χ3n) is 4.14. The van der Waals surface area contributed by atoms with E-state index in [9.17, 15) is 0 Å². The Kier molecular flexibility index (Phi) is 3.66. The second-order valence-electron chi connectivity index (χ2n) is 5.50. The van der Waals surface area contributed by atoms with Gasteiger partial charge in [0.2, 0.25) is 0 Å². The van der Waals surface area contributed by atoms with Gasteiger partial charge < -0.3 is 9.30 Å². The summed E-state index contributed by atoms with van der Waals surface area (Å²) in [7, 11) is 0. The summed E-state index contributed by atoms with van der Waals surface area (Å²) >= 11 is 0. The quantitative estimate of drug-likeness (QED) is 0.816. The van der Waals surface area contributed by atoms with Gasteiger partial charge in [0.25, 0.3) is 0 Å². The minimum atomic E-state index is 0.637. The number of morpholine rings is 1. The number of aryl methyl sites for hydroxylation is 1. The first-order valence-electron chi connectivity index (χ1n) is 7.19. The van der Waals surface area contributed by atoms with Gasteiger partial charge >= 0.3 is 0 Å². The summed E-state index contributed by atoms with van der Waals surface area (Å²) in [5.41, 5.74) is 1.27. The van der Waals surface area contributed by atoms with Gasteiger partial charge in [-0.25, -0.2) is 4.98 Å². The highest BCUT2D eigenvalue weighted by molar-refractivity contribution is 5.08. The van der Waals surface area contributed by atoms with Crippen LogP contribution in [0, 0.1) is 0 Å². The Balaban J connectivity index is 1.59. The Labute approximate surface area is 109 Å². The SMILES string of the molecule is CC1CCCc2nc(CCN3CCOCC3)cn21. The number of hydrogen-bond acceptors (Lipinski definition) is 3. The molecule has 4 nitrogen and oxygen atoms in total. The average molecular weight is 249 g/mol. The van der Waals surface area contributed by atoms with Crippen LogP contribution in [0.4, 0.5) is 0 Å². The first-order chi connectivity index (χ1) is 8.83. The summed E-state index contributed by atoms with van der Waals surface area (Å²) in [6.07, 6.45) is 7.10. The Hall–Kier alpha value is -0.870. The highest BCUT2D eigenvalue weighted by Gasteiger charge is 2.18. The molecule has 1 aromatic rings. The molecule has 0 N–H and O–H groups in total. The van der Waals surface area contributed by atoms with Gasteiger partial charge in [0.1, 0.15) is 5.82 Å². The minimum Gasteiger partial charge on any atom is -0.379 e. The molecule has 1 saturated heterocycles. The maximum atomic E-state index is 5.37. The molecule has 1 fully saturated rings. The molecule has 1 aromatic heterocycles. The molecule has 0 saturated carbocycles. The Morgan fingerprint density at radius 3 is 3.00 bits per heavy atom. The Morgan fingerprint density at radius 2 is 2.22 bits per heavy atom. The number of aromatic nitrogens is 2. The van der Waals surface area contributed by atoms with Gasteiger partial charge in [0, 0.05) is 44.7 Å². The van der Waals surface area contributed by atoms with Crippen molar-refractivity contribution in [2.24, 2.45) is 0 Å². The predicted octanol–water partition coefficient (Wildman–Crippen LogP) is 1.66. The maximum absolute atomic E-state index is 5.37. The van der Waals surface area contributed by atoms with E-state index in [-0.39, 0.29) is 0 Å². The summed E-state index contributed by atoms with van der Waals surface area (Å²) in [5.74, 6) is 1.30. The lowest BCUT2D eigenvalue weighted by atomic mass is 10.1. The minimum absolute atomic E-state index is 0.637. The number of hydrogen-bond donors (Lipinski definition) is 0. The normalized spacial score (nSPS) is 25.1. The lowest BCUT2D eigenvalue weighted by molar-refractivity contribution is 0.0383. The van der Waals surface area contributed by atoms with Crippen LogP contribution in [0.25, 0.3) is 0 Å². The van der Waals surface area contributed by atoms with E-state index in [4.69, 9.17) is 9.72 Å². The molecule has 0 bridgehead atoms. The van der Waals surface area contributed by atoms with Gasteiger partial charge in [0.05, 0.1) is 18.9 Å². The van der Waals surface area contributed by atoms with E-state index >= 15 is 0 Å². The van der Waals surface area contributed by atoms with Crippen molar-refractivity contribution < 1.29 is 4.74 Å². The van der Waals surface area contributed by atoms with Crippen molar-refractivity contribution in [1.29, 1.82) is 0 Å². The van der Waals surface area contributed by atoms with Crippen LogP contribution in [0.3, 0.4) is 0 Å². The van der Waals surface area contributed by atoms with Gasteiger partial charge in [-0.15, -0.1) is 0 Å². The molecular weight excluding hydrogens is 226 g/mol. The van der Waals surface area contributed by atoms with Gasteiger partial charge in [-0.2, -0.15) is 0 Å². The van der Waals surface area contributed by atoms with Crippen LogP contribution < -0.4 is 0 Å². The van der Waals surface area contributed by atoms with E-state index in [0.29, 0.717) is 6.04 Å². The molecule has 4 heteroatoms. The highest BCUT2D eigenvalue weighted by Crippen LogP contribution is 2.24. The van der Waals surface area contributed by atoms with Crippen molar-refractivity contribution in [3.63, 3.8) is 0 Å². The van der Waals surface area contributed by atoms with Gasteiger partial charge in [-0.3, -0.25) is 4.90 Å². The first kappa shape index (κ1) is 12.2. The zero-order valence-corrected chi connectivity index (χ0v) is 11.3. The molecule has 3 rings (SSSR count). The highest BCUT2D eigenvalue weighted by atomic mass is 16.5. The molecule has 1 atom stereocenters. The van der Waals surface area contributed by atoms with Gasteiger partial charge in [-0.05, 0) is 19.8 Å². The smallest absolute Gasteiger partial charge is 0.109 e. The molecule has 0 spiro atoms. The predicted molar refractivity (Wildman–Crippen MR) is 70.8 cm³/mol. The molecule has 18 heavy (non-hydrogen) atoms. The molecule has 2 aliphatic rings. The summed E-state index contributed by atoms with van der Waals surface area (Å²) in [6.45, 7) is 7.34. The van der Waals surface area contributed by atoms with Crippen LogP contribution in [0.5, 0.6) is 0 Å². The van der Waals surface area contributed by atoms with E-state index < -0.39 is 0 Å². The number of imidazole rings is 1. The largest absolute Gasteiger partial charge is 0.379 e. The van der Waals surface area contributed by atoms with Crippen molar-refractivity contribution in [1.82, 2.24) is 14.5 Å². The van der Waals surface area contributed by atoms with Gasteiger partial charge in [0.15, 0.2) is 0 Å². The fourth-order valence-electron chi connectivity index (χ4n) is 2.97. The second kappa shape index (κ2) is 5.41.